The third-order valence-electron chi connectivity index (χ3n) is 3.13. The van der Waals surface area contributed by atoms with Crippen LogP contribution in [0.4, 0.5) is 19.3 Å². The van der Waals surface area contributed by atoms with E-state index in [-0.39, 0.29) is 17.1 Å². The molecule has 0 atom stereocenters. The molecule has 0 radical (unpaired) electrons. The summed E-state index contributed by atoms with van der Waals surface area (Å²) < 4.78 is 48.6. The minimum absolute atomic E-state index is 0.00136. The summed E-state index contributed by atoms with van der Waals surface area (Å²) in [4.78, 5) is 11.6. The molecule has 0 saturated heterocycles. The zero-order chi connectivity index (χ0) is 17.7. The van der Waals surface area contributed by atoms with Gasteiger partial charge < -0.3 is 10.6 Å². The van der Waals surface area contributed by atoms with E-state index < -0.39 is 27.7 Å². The van der Waals surface area contributed by atoms with Gasteiger partial charge in [-0.1, -0.05) is 12.1 Å². The van der Waals surface area contributed by atoms with Crippen molar-refractivity contribution in [2.75, 3.05) is 11.9 Å². The number of nitrogens with one attached hydrogen (secondary N) is 2. The number of carbonyl (C=O) groups is 1. The first-order chi connectivity index (χ1) is 11.3. The molecule has 2 aromatic rings. The van der Waals surface area contributed by atoms with Crippen LogP contribution >= 0.6 is 0 Å². The molecule has 4 N–H and O–H groups in total. The van der Waals surface area contributed by atoms with Gasteiger partial charge in [-0.15, -0.1) is 0 Å². The van der Waals surface area contributed by atoms with Gasteiger partial charge >= 0.3 is 6.03 Å². The Morgan fingerprint density at radius 1 is 1.08 bits per heavy atom. The second-order valence-electron chi connectivity index (χ2n) is 4.94. The molecular weight excluding hydrogens is 340 g/mol. The Labute approximate surface area is 137 Å². The summed E-state index contributed by atoms with van der Waals surface area (Å²) in [7, 11) is -3.74. The van der Waals surface area contributed by atoms with Gasteiger partial charge in [-0.3, -0.25) is 0 Å². The number of benzene rings is 2. The van der Waals surface area contributed by atoms with Gasteiger partial charge in [-0.2, -0.15) is 0 Å². The number of urea groups is 1. The predicted octanol–water partition coefficient (Wildman–Crippen LogP) is 1.98. The molecule has 2 rings (SSSR count). The van der Waals surface area contributed by atoms with Crippen LogP contribution in [-0.2, 0) is 16.4 Å². The number of sulfonamides is 1. The van der Waals surface area contributed by atoms with Gasteiger partial charge in [0.05, 0.1) is 10.6 Å². The fraction of sp³-hybridized carbons (Fsp3) is 0.133. The minimum atomic E-state index is -3.74. The number of anilines is 1. The van der Waals surface area contributed by atoms with E-state index in [2.05, 4.69) is 10.6 Å². The molecule has 0 aliphatic heterocycles. The molecule has 0 aromatic heterocycles. The van der Waals surface area contributed by atoms with E-state index in [9.17, 15) is 22.0 Å². The minimum Gasteiger partial charge on any atom is -0.338 e. The Hall–Kier alpha value is -2.52. The molecule has 6 nitrogen and oxygen atoms in total. The van der Waals surface area contributed by atoms with Crippen LogP contribution in [0.2, 0.25) is 0 Å². The highest BCUT2D eigenvalue weighted by atomic mass is 32.2. The van der Waals surface area contributed by atoms with Crippen molar-refractivity contribution in [2.45, 2.75) is 11.3 Å². The van der Waals surface area contributed by atoms with Gasteiger partial charge in [0.25, 0.3) is 0 Å². The first-order valence-corrected chi connectivity index (χ1v) is 8.42. The lowest BCUT2D eigenvalue weighted by Crippen LogP contribution is -2.30. The van der Waals surface area contributed by atoms with Crippen molar-refractivity contribution < 1.29 is 22.0 Å². The molecular formula is C15H15F2N3O3S. The van der Waals surface area contributed by atoms with Crippen molar-refractivity contribution in [3.05, 3.63) is 59.7 Å². The number of primary sulfonamides is 1. The molecule has 0 fully saturated rings. The highest BCUT2D eigenvalue weighted by Crippen LogP contribution is 2.15. The van der Waals surface area contributed by atoms with E-state index in [4.69, 9.17) is 5.14 Å². The number of hydrogen-bond acceptors (Lipinski definition) is 3. The molecule has 0 aliphatic carbocycles. The molecule has 0 unspecified atom stereocenters. The summed E-state index contributed by atoms with van der Waals surface area (Å²) in [5.41, 5.74) is 0.518. The molecule has 24 heavy (non-hydrogen) atoms. The molecule has 0 heterocycles. The number of amides is 2. The fourth-order valence-electron chi connectivity index (χ4n) is 1.93. The lowest BCUT2D eigenvalue weighted by Gasteiger charge is -2.09. The van der Waals surface area contributed by atoms with Crippen LogP contribution in [-0.4, -0.2) is 21.0 Å². The van der Waals surface area contributed by atoms with Gasteiger partial charge in [-0.25, -0.2) is 27.1 Å². The lowest BCUT2D eigenvalue weighted by molar-refractivity contribution is 0.252. The van der Waals surface area contributed by atoms with Gasteiger partial charge in [0.2, 0.25) is 10.0 Å². The second-order valence-corrected chi connectivity index (χ2v) is 6.51. The molecule has 0 saturated carbocycles. The average Bonchev–Trinajstić information content (AvgIpc) is 2.50. The van der Waals surface area contributed by atoms with Crippen LogP contribution in [0, 0.1) is 11.6 Å². The van der Waals surface area contributed by atoms with E-state index >= 15 is 0 Å². The number of carbonyl (C=O) groups excluding carboxylic acids is 1. The number of hydrogen-bond donors (Lipinski definition) is 3. The van der Waals surface area contributed by atoms with E-state index in [1.807, 2.05) is 0 Å². The monoisotopic (exact) mass is 355 g/mol. The van der Waals surface area contributed by atoms with Crippen LogP contribution in [0.1, 0.15) is 5.56 Å². The molecule has 0 bridgehead atoms. The Kier molecular flexibility index (Phi) is 5.47. The van der Waals surface area contributed by atoms with Crippen molar-refractivity contribution in [1.29, 1.82) is 0 Å². The quantitative estimate of drug-likeness (QED) is 0.764. The van der Waals surface area contributed by atoms with Crippen LogP contribution in [0.3, 0.4) is 0 Å². The maximum Gasteiger partial charge on any atom is 0.319 e. The normalized spacial score (nSPS) is 11.1. The smallest absolute Gasteiger partial charge is 0.319 e. The summed E-state index contributed by atoms with van der Waals surface area (Å²) in [5.74, 6) is -1.41. The summed E-state index contributed by atoms with van der Waals surface area (Å²) in [6.07, 6.45) is 0.421. The van der Waals surface area contributed by atoms with E-state index in [0.717, 1.165) is 23.8 Å². The Morgan fingerprint density at radius 2 is 1.75 bits per heavy atom. The molecule has 9 heteroatoms. The first kappa shape index (κ1) is 17.8. The first-order valence-electron chi connectivity index (χ1n) is 6.87. The predicted molar refractivity (Wildman–Crippen MR) is 84.9 cm³/mol. The summed E-state index contributed by atoms with van der Waals surface area (Å²) in [5, 5.41) is 9.69. The van der Waals surface area contributed by atoms with Gasteiger partial charge in [0.15, 0.2) is 0 Å². The van der Waals surface area contributed by atoms with E-state index in [1.54, 1.807) is 12.1 Å². The summed E-state index contributed by atoms with van der Waals surface area (Å²) >= 11 is 0. The topological polar surface area (TPSA) is 101 Å². The lowest BCUT2D eigenvalue weighted by atomic mass is 10.1. The number of nitrogens with two attached hydrogens (primary N) is 1. The zero-order valence-electron chi connectivity index (χ0n) is 12.4. The summed E-state index contributed by atoms with van der Waals surface area (Å²) in [6.45, 7) is 0.220. The van der Waals surface area contributed by atoms with Gasteiger partial charge in [0.1, 0.15) is 11.6 Å². The SMILES string of the molecule is NS(=O)(=O)c1ccc(CCNC(=O)Nc2cc(F)ccc2F)cc1. The molecule has 2 aromatic carbocycles. The van der Waals surface area contributed by atoms with Crippen LogP contribution < -0.4 is 15.8 Å². The second kappa shape index (κ2) is 7.37. The van der Waals surface area contributed by atoms with Crippen molar-refractivity contribution in [1.82, 2.24) is 5.32 Å². The van der Waals surface area contributed by atoms with Crippen LogP contribution in [0.5, 0.6) is 0 Å². The number of rotatable bonds is 5. The van der Waals surface area contributed by atoms with Crippen molar-refractivity contribution in [3.63, 3.8) is 0 Å². The molecule has 0 spiro atoms. The van der Waals surface area contributed by atoms with Gasteiger partial charge in [0, 0.05) is 12.6 Å². The third-order valence-corrected chi connectivity index (χ3v) is 4.06. The highest BCUT2D eigenvalue weighted by Gasteiger charge is 2.09. The fourth-order valence-corrected chi connectivity index (χ4v) is 2.44. The highest BCUT2D eigenvalue weighted by molar-refractivity contribution is 7.89. The maximum atomic E-state index is 13.4. The largest absolute Gasteiger partial charge is 0.338 e. The van der Waals surface area contributed by atoms with Crippen molar-refractivity contribution >= 4 is 21.7 Å². The standard InChI is InChI=1S/C15H15F2N3O3S/c16-11-3-6-13(17)14(9-11)20-15(21)19-8-7-10-1-4-12(5-2-10)24(18,22)23/h1-6,9H,7-8H2,(H2,18,22,23)(H2,19,20,21). The van der Waals surface area contributed by atoms with Gasteiger partial charge in [-0.05, 0) is 36.2 Å². The summed E-state index contributed by atoms with van der Waals surface area (Å²) in [6, 6.07) is 7.94. The maximum absolute atomic E-state index is 13.4. The Morgan fingerprint density at radius 3 is 2.38 bits per heavy atom. The van der Waals surface area contributed by atoms with Crippen LogP contribution in [0.25, 0.3) is 0 Å². The van der Waals surface area contributed by atoms with E-state index in [0.29, 0.717) is 6.42 Å². The van der Waals surface area contributed by atoms with E-state index in [1.165, 1.54) is 12.1 Å². The van der Waals surface area contributed by atoms with Crippen molar-refractivity contribution in [2.24, 2.45) is 5.14 Å². The Balaban J connectivity index is 1.85. The average molecular weight is 355 g/mol. The molecule has 0 aliphatic rings. The van der Waals surface area contributed by atoms with Crippen molar-refractivity contribution in [3.8, 4) is 0 Å². The third kappa shape index (κ3) is 5.00. The Bertz CT molecular complexity index is 840. The zero-order valence-corrected chi connectivity index (χ0v) is 13.2. The van der Waals surface area contributed by atoms with Crippen LogP contribution in [0.15, 0.2) is 47.4 Å². The molecule has 2 amide bonds. The number of halogens is 2. The molecule has 128 valence electrons.